The number of hydrogen-bond acceptors (Lipinski definition) is 1. The van der Waals surface area contributed by atoms with E-state index in [4.69, 9.17) is 23.2 Å². The van der Waals surface area contributed by atoms with Crippen molar-refractivity contribution >= 4 is 40.0 Å². The number of para-hydroxylation sites is 1. The van der Waals surface area contributed by atoms with Crippen LogP contribution in [0.1, 0.15) is 27.5 Å². The second-order valence-corrected chi connectivity index (χ2v) is 8.16. The van der Waals surface area contributed by atoms with Crippen LogP contribution >= 0.6 is 23.2 Å². The summed E-state index contributed by atoms with van der Waals surface area (Å²) in [5.74, 6) is 0.00827. The van der Waals surface area contributed by atoms with Crippen LogP contribution in [-0.4, -0.2) is 22.3 Å². The Morgan fingerprint density at radius 1 is 1.00 bits per heavy atom. The number of hydrogen-bond donors (Lipinski definition) is 1. The topological polar surface area (TPSA) is 36.1 Å². The van der Waals surface area contributed by atoms with E-state index >= 15 is 0 Å². The molecule has 0 saturated heterocycles. The molecule has 0 radical (unpaired) electrons. The Hall–Kier alpha value is -3.01. The number of H-pyrrole nitrogens is 1. The van der Waals surface area contributed by atoms with Gasteiger partial charge in [0.25, 0.3) is 5.91 Å². The first-order valence-corrected chi connectivity index (χ1v) is 10.4. The molecule has 0 saturated carbocycles. The van der Waals surface area contributed by atoms with Crippen LogP contribution in [0.15, 0.2) is 79.4 Å². The Morgan fingerprint density at radius 2 is 1.77 bits per heavy atom. The Kier molecular flexibility index (Phi) is 4.65. The Balaban J connectivity index is 1.84. The van der Waals surface area contributed by atoms with Gasteiger partial charge in [-0.1, -0.05) is 65.7 Å². The molecule has 0 unspecified atom stereocenters. The average Bonchev–Trinajstić information content (AvgIpc) is 3.24. The average molecular weight is 433 g/mol. The first-order valence-electron chi connectivity index (χ1n) is 9.67. The van der Waals surface area contributed by atoms with Gasteiger partial charge in [-0.05, 0) is 35.9 Å². The number of amides is 1. The summed E-state index contributed by atoms with van der Waals surface area (Å²) in [5.41, 5.74) is 5.46. The fraction of sp³-hybridized carbons (Fsp3) is 0.0800. The molecule has 0 spiro atoms. The van der Waals surface area contributed by atoms with Gasteiger partial charge in [0.1, 0.15) is 0 Å². The maximum Gasteiger partial charge on any atom is 0.255 e. The summed E-state index contributed by atoms with van der Waals surface area (Å²) in [6.07, 6.45) is 1.76. The van der Waals surface area contributed by atoms with E-state index in [9.17, 15) is 4.79 Å². The molecule has 3 aromatic carbocycles. The van der Waals surface area contributed by atoms with Gasteiger partial charge in [0.05, 0.1) is 16.8 Å². The molecule has 1 amide bonds. The highest BCUT2D eigenvalue weighted by molar-refractivity contribution is 6.36. The highest BCUT2D eigenvalue weighted by Gasteiger charge is 2.39. The minimum atomic E-state index is -0.246. The highest BCUT2D eigenvalue weighted by atomic mass is 35.5. The quantitative estimate of drug-likeness (QED) is 0.350. The SMILES string of the molecule is C=CCN1C(=O)c2ccccc2[C@@H]1c1c(-c2ccc(Cl)cc2Cl)[nH]c2ccccc12. The fourth-order valence-electron chi connectivity index (χ4n) is 4.36. The van der Waals surface area contributed by atoms with Gasteiger partial charge in [0.15, 0.2) is 0 Å². The molecule has 5 rings (SSSR count). The summed E-state index contributed by atoms with van der Waals surface area (Å²) < 4.78 is 0. The number of aromatic nitrogens is 1. The highest BCUT2D eigenvalue weighted by Crippen LogP contribution is 2.46. The van der Waals surface area contributed by atoms with Crippen LogP contribution < -0.4 is 0 Å². The predicted octanol–water partition coefficient (Wildman–Crippen LogP) is 6.87. The third-order valence-corrected chi connectivity index (χ3v) is 6.15. The van der Waals surface area contributed by atoms with Crippen molar-refractivity contribution in [3.8, 4) is 11.3 Å². The number of carbonyl (C=O) groups excluding carboxylic acids is 1. The van der Waals surface area contributed by atoms with Crippen LogP contribution in [-0.2, 0) is 0 Å². The summed E-state index contributed by atoms with van der Waals surface area (Å²) in [5, 5.41) is 2.20. The van der Waals surface area contributed by atoms with E-state index in [2.05, 4.69) is 17.6 Å². The van der Waals surface area contributed by atoms with Gasteiger partial charge >= 0.3 is 0 Å². The molecule has 0 aliphatic carbocycles. The zero-order valence-electron chi connectivity index (χ0n) is 16.0. The zero-order valence-corrected chi connectivity index (χ0v) is 17.5. The number of fused-ring (bicyclic) bond motifs is 2. The number of nitrogens with zero attached hydrogens (tertiary/aromatic N) is 1. The maximum atomic E-state index is 13.2. The summed E-state index contributed by atoms with van der Waals surface area (Å²) >= 11 is 12.7. The van der Waals surface area contributed by atoms with Crippen molar-refractivity contribution in [3.63, 3.8) is 0 Å². The van der Waals surface area contributed by atoms with Crippen molar-refractivity contribution in [2.75, 3.05) is 6.54 Å². The molecule has 148 valence electrons. The summed E-state index contributed by atoms with van der Waals surface area (Å²) in [6, 6.07) is 21.1. The lowest BCUT2D eigenvalue weighted by Gasteiger charge is -2.25. The number of rotatable bonds is 4. The Morgan fingerprint density at radius 3 is 2.57 bits per heavy atom. The Bertz CT molecular complexity index is 1310. The second-order valence-electron chi connectivity index (χ2n) is 7.32. The molecule has 1 aliphatic heterocycles. The van der Waals surface area contributed by atoms with Crippen molar-refractivity contribution in [2.45, 2.75) is 6.04 Å². The minimum Gasteiger partial charge on any atom is -0.354 e. The molecule has 1 aliphatic rings. The van der Waals surface area contributed by atoms with Crippen molar-refractivity contribution in [3.05, 3.63) is 106 Å². The van der Waals surface area contributed by atoms with E-state index in [1.807, 2.05) is 59.5 Å². The van der Waals surface area contributed by atoms with Gasteiger partial charge in [-0.2, -0.15) is 0 Å². The maximum absolute atomic E-state index is 13.2. The normalized spacial score (nSPS) is 15.6. The van der Waals surface area contributed by atoms with Crippen LogP contribution in [0.4, 0.5) is 0 Å². The number of nitrogens with one attached hydrogen (secondary N) is 1. The smallest absolute Gasteiger partial charge is 0.255 e. The lowest BCUT2D eigenvalue weighted by atomic mass is 9.93. The van der Waals surface area contributed by atoms with Crippen molar-refractivity contribution in [1.29, 1.82) is 0 Å². The number of aromatic amines is 1. The zero-order chi connectivity index (χ0) is 20.8. The van der Waals surface area contributed by atoms with Crippen molar-refractivity contribution in [2.24, 2.45) is 0 Å². The predicted molar refractivity (Wildman–Crippen MR) is 123 cm³/mol. The van der Waals surface area contributed by atoms with Gasteiger partial charge < -0.3 is 9.88 Å². The monoisotopic (exact) mass is 432 g/mol. The second kappa shape index (κ2) is 7.35. The molecule has 1 N–H and O–H groups in total. The van der Waals surface area contributed by atoms with Crippen LogP contribution in [0.2, 0.25) is 10.0 Å². The first-order chi connectivity index (χ1) is 14.6. The fourth-order valence-corrected chi connectivity index (χ4v) is 4.86. The standard InChI is InChI=1S/C25H18Cl2N2O/c1-2-13-29-24(16-7-3-4-8-17(16)25(29)30)22-19-9-5-6-10-21(19)28-23(22)18-12-11-15(26)14-20(18)27/h2-12,14,24,28H,1,13H2/t24-/m1/s1. The van der Waals surface area contributed by atoms with Gasteiger partial charge in [0, 0.05) is 39.2 Å². The molecule has 3 nitrogen and oxygen atoms in total. The minimum absolute atomic E-state index is 0.00827. The molecular formula is C25H18Cl2N2O. The molecule has 0 bridgehead atoms. The number of halogens is 2. The molecule has 1 atom stereocenters. The van der Waals surface area contributed by atoms with E-state index in [1.54, 1.807) is 12.1 Å². The van der Waals surface area contributed by atoms with E-state index in [-0.39, 0.29) is 11.9 Å². The molecular weight excluding hydrogens is 415 g/mol. The van der Waals surface area contributed by atoms with Gasteiger partial charge in [-0.15, -0.1) is 6.58 Å². The number of benzene rings is 3. The molecule has 5 heteroatoms. The third kappa shape index (κ3) is 2.85. The van der Waals surface area contributed by atoms with E-state index < -0.39 is 0 Å². The summed E-state index contributed by atoms with van der Waals surface area (Å²) in [6.45, 7) is 4.32. The lowest BCUT2D eigenvalue weighted by molar-refractivity contribution is 0.0771. The van der Waals surface area contributed by atoms with Crippen LogP contribution in [0.3, 0.4) is 0 Å². The van der Waals surface area contributed by atoms with E-state index in [1.165, 1.54) is 0 Å². The molecule has 30 heavy (non-hydrogen) atoms. The van der Waals surface area contributed by atoms with Gasteiger partial charge in [0.2, 0.25) is 0 Å². The summed E-state index contributed by atoms with van der Waals surface area (Å²) in [4.78, 5) is 18.6. The van der Waals surface area contributed by atoms with Crippen LogP contribution in [0.5, 0.6) is 0 Å². The third-order valence-electron chi connectivity index (χ3n) is 5.60. The van der Waals surface area contributed by atoms with Gasteiger partial charge in [-0.3, -0.25) is 4.79 Å². The lowest BCUT2D eigenvalue weighted by Crippen LogP contribution is -2.29. The van der Waals surface area contributed by atoms with Crippen LogP contribution in [0, 0.1) is 0 Å². The van der Waals surface area contributed by atoms with Crippen molar-refractivity contribution < 1.29 is 4.79 Å². The van der Waals surface area contributed by atoms with E-state index in [0.29, 0.717) is 16.6 Å². The molecule has 4 aromatic rings. The van der Waals surface area contributed by atoms with Crippen molar-refractivity contribution in [1.82, 2.24) is 9.88 Å². The van der Waals surface area contributed by atoms with Gasteiger partial charge in [-0.25, -0.2) is 0 Å². The summed E-state index contributed by atoms with van der Waals surface area (Å²) in [7, 11) is 0. The molecule has 2 heterocycles. The van der Waals surface area contributed by atoms with Crippen LogP contribution in [0.25, 0.3) is 22.2 Å². The van der Waals surface area contributed by atoms with E-state index in [0.717, 1.165) is 38.9 Å². The number of carbonyl (C=O) groups is 1. The molecule has 1 aromatic heterocycles. The first kappa shape index (κ1) is 19.0. The largest absolute Gasteiger partial charge is 0.354 e. The Labute approximate surface area is 184 Å². The molecule has 0 fully saturated rings.